The minimum Gasteiger partial charge on any atom is -0.342 e. The van der Waals surface area contributed by atoms with Crippen molar-refractivity contribution in [3.05, 3.63) is 28.5 Å². The lowest BCUT2D eigenvalue weighted by Gasteiger charge is -2.10. The molecule has 0 amide bonds. The highest BCUT2D eigenvalue weighted by atomic mass is 35.5. The summed E-state index contributed by atoms with van der Waals surface area (Å²) >= 11 is 6.18. The lowest BCUT2D eigenvalue weighted by molar-refractivity contribution is 0.775. The molecule has 15 heavy (non-hydrogen) atoms. The Hall–Kier alpha value is -1.06. The summed E-state index contributed by atoms with van der Waals surface area (Å²) in [7, 11) is 0. The molecule has 0 fully saturated rings. The van der Waals surface area contributed by atoms with Crippen molar-refractivity contribution in [2.45, 2.75) is 19.8 Å². The summed E-state index contributed by atoms with van der Waals surface area (Å²) in [6.07, 6.45) is 0. The van der Waals surface area contributed by atoms with E-state index in [1.807, 2.05) is 19.1 Å². The second kappa shape index (κ2) is 3.83. The molecule has 0 bridgehead atoms. The van der Waals surface area contributed by atoms with E-state index in [-0.39, 0.29) is 5.92 Å². The molecular formula is C11H14ClN3. The van der Waals surface area contributed by atoms with Crippen molar-refractivity contribution in [2.24, 2.45) is 5.73 Å². The van der Waals surface area contributed by atoms with Gasteiger partial charge in [-0.3, -0.25) is 0 Å². The molecule has 0 radical (unpaired) electrons. The number of imidazole rings is 1. The first-order valence-electron chi connectivity index (χ1n) is 4.97. The topological polar surface area (TPSA) is 54.7 Å². The summed E-state index contributed by atoms with van der Waals surface area (Å²) < 4.78 is 0. The smallest absolute Gasteiger partial charge is 0.104 e. The van der Waals surface area contributed by atoms with E-state index in [0.29, 0.717) is 6.54 Å². The number of aryl methyl sites for hydroxylation is 1. The number of nitrogens with two attached hydrogens (primary N) is 1. The minimum atomic E-state index is 0.269. The third-order valence-electron chi connectivity index (χ3n) is 2.60. The molecule has 1 heterocycles. The molecule has 1 atom stereocenters. The highest BCUT2D eigenvalue weighted by molar-refractivity contribution is 6.32. The minimum absolute atomic E-state index is 0.269. The highest BCUT2D eigenvalue weighted by Gasteiger charge is 2.11. The molecule has 3 N–H and O–H groups in total. The molecule has 0 saturated heterocycles. The average molecular weight is 224 g/mol. The zero-order chi connectivity index (χ0) is 11.0. The van der Waals surface area contributed by atoms with Crippen LogP contribution < -0.4 is 5.73 Å². The van der Waals surface area contributed by atoms with Crippen LogP contribution in [0.25, 0.3) is 11.0 Å². The Bertz CT molecular complexity index is 490. The van der Waals surface area contributed by atoms with Gasteiger partial charge in [0, 0.05) is 5.02 Å². The van der Waals surface area contributed by atoms with Crippen LogP contribution >= 0.6 is 11.6 Å². The SMILES string of the molecule is Cc1nc2cc(Cl)c(C(C)CN)cc2[nH]1. The molecule has 0 aliphatic rings. The number of nitrogens with zero attached hydrogens (tertiary/aromatic N) is 1. The van der Waals surface area contributed by atoms with Crippen LogP contribution in [-0.2, 0) is 0 Å². The monoisotopic (exact) mass is 223 g/mol. The van der Waals surface area contributed by atoms with E-state index >= 15 is 0 Å². The van der Waals surface area contributed by atoms with Crippen molar-refractivity contribution in [3.8, 4) is 0 Å². The van der Waals surface area contributed by atoms with Gasteiger partial charge in [-0.15, -0.1) is 0 Å². The zero-order valence-electron chi connectivity index (χ0n) is 8.84. The fourth-order valence-electron chi connectivity index (χ4n) is 1.68. The Balaban J connectivity index is 2.60. The van der Waals surface area contributed by atoms with Crippen molar-refractivity contribution in [2.75, 3.05) is 6.54 Å². The van der Waals surface area contributed by atoms with Gasteiger partial charge < -0.3 is 10.7 Å². The van der Waals surface area contributed by atoms with Gasteiger partial charge in [0.2, 0.25) is 0 Å². The maximum absolute atomic E-state index is 6.18. The predicted molar refractivity (Wildman–Crippen MR) is 63.3 cm³/mol. The Labute approximate surface area is 93.6 Å². The van der Waals surface area contributed by atoms with Gasteiger partial charge in [0.25, 0.3) is 0 Å². The Morgan fingerprint density at radius 2 is 2.27 bits per heavy atom. The van der Waals surface area contributed by atoms with Crippen molar-refractivity contribution in [3.63, 3.8) is 0 Å². The molecule has 0 aliphatic heterocycles. The van der Waals surface area contributed by atoms with E-state index in [4.69, 9.17) is 17.3 Å². The van der Waals surface area contributed by atoms with Crippen LogP contribution in [0.1, 0.15) is 24.2 Å². The fourth-order valence-corrected chi connectivity index (χ4v) is 2.02. The number of fused-ring (bicyclic) bond motifs is 1. The lowest BCUT2D eigenvalue weighted by atomic mass is 10.0. The highest BCUT2D eigenvalue weighted by Crippen LogP contribution is 2.28. The van der Waals surface area contributed by atoms with Crippen LogP contribution in [-0.4, -0.2) is 16.5 Å². The predicted octanol–water partition coefficient (Wildman–Crippen LogP) is 2.59. The van der Waals surface area contributed by atoms with Crippen molar-refractivity contribution in [1.29, 1.82) is 0 Å². The van der Waals surface area contributed by atoms with E-state index in [1.54, 1.807) is 0 Å². The second-order valence-electron chi connectivity index (χ2n) is 3.85. The molecule has 1 aromatic heterocycles. The van der Waals surface area contributed by atoms with Gasteiger partial charge in [0.05, 0.1) is 11.0 Å². The summed E-state index contributed by atoms with van der Waals surface area (Å²) in [4.78, 5) is 7.52. The largest absolute Gasteiger partial charge is 0.342 e. The van der Waals surface area contributed by atoms with Crippen LogP contribution in [0.3, 0.4) is 0 Å². The van der Waals surface area contributed by atoms with Crippen LogP contribution in [0.5, 0.6) is 0 Å². The first-order chi connectivity index (χ1) is 7.11. The van der Waals surface area contributed by atoms with E-state index in [9.17, 15) is 0 Å². The van der Waals surface area contributed by atoms with Crippen LogP contribution in [0.15, 0.2) is 12.1 Å². The van der Waals surface area contributed by atoms with Crippen molar-refractivity contribution >= 4 is 22.6 Å². The lowest BCUT2D eigenvalue weighted by Crippen LogP contribution is -2.09. The normalized spacial score (nSPS) is 13.3. The maximum Gasteiger partial charge on any atom is 0.104 e. The summed E-state index contributed by atoms with van der Waals surface area (Å²) in [5.74, 6) is 1.17. The number of hydrogen-bond donors (Lipinski definition) is 2. The number of hydrogen-bond acceptors (Lipinski definition) is 2. The average Bonchev–Trinajstić information content (AvgIpc) is 2.55. The first kappa shape index (κ1) is 10.5. The molecule has 0 saturated carbocycles. The van der Waals surface area contributed by atoms with E-state index in [0.717, 1.165) is 27.4 Å². The van der Waals surface area contributed by atoms with Gasteiger partial charge in [-0.25, -0.2) is 4.98 Å². The van der Waals surface area contributed by atoms with Crippen LogP contribution in [0, 0.1) is 6.92 Å². The number of halogens is 1. The number of H-pyrrole nitrogens is 1. The first-order valence-corrected chi connectivity index (χ1v) is 5.35. The number of rotatable bonds is 2. The summed E-state index contributed by atoms with van der Waals surface area (Å²) in [5, 5.41) is 0.743. The number of nitrogens with one attached hydrogen (secondary N) is 1. The van der Waals surface area contributed by atoms with Gasteiger partial charge in [-0.05, 0) is 37.1 Å². The molecule has 0 aliphatic carbocycles. The second-order valence-corrected chi connectivity index (χ2v) is 4.26. The van der Waals surface area contributed by atoms with Crippen LogP contribution in [0.4, 0.5) is 0 Å². The van der Waals surface area contributed by atoms with Gasteiger partial charge in [0.1, 0.15) is 5.82 Å². The molecule has 2 aromatic rings. The van der Waals surface area contributed by atoms with E-state index < -0.39 is 0 Å². The Kier molecular flexibility index (Phi) is 2.67. The Morgan fingerprint density at radius 1 is 1.53 bits per heavy atom. The molecule has 4 heteroatoms. The zero-order valence-corrected chi connectivity index (χ0v) is 9.60. The number of aromatic nitrogens is 2. The van der Waals surface area contributed by atoms with Gasteiger partial charge >= 0.3 is 0 Å². The van der Waals surface area contributed by atoms with Crippen molar-refractivity contribution < 1.29 is 0 Å². The molecule has 80 valence electrons. The number of aromatic amines is 1. The summed E-state index contributed by atoms with van der Waals surface area (Å²) in [6.45, 7) is 4.59. The quantitative estimate of drug-likeness (QED) is 0.822. The van der Waals surface area contributed by atoms with Crippen molar-refractivity contribution in [1.82, 2.24) is 9.97 Å². The Morgan fingerprint density at radius 3 is 2.93 bits per heavy atom. The summed E-state index contributed by atoms with van der Waals surface area (Å²) in [6, 6.07) is 3.93. The van der Waals surface area contributed by atoms with E-state index in [2.05, 4.69) is 16.9 Å². The standard InChI is InChI=1S/C11H14ClN3/c1-6(5-13)8-3-10-11(4-9(8)12)15-7(2)14-10/h3-4,6H,5,13H2,1-2H3,(H,14,15). The third-order valence-corrected chi connectivity index (χ3v) is 2.93. The molecule has 1 aromatic carbocycles. The fraction of sp³-hybridized carbons (Fsp3) is 0.364. The molecule has 1 unspecified atom stereocenters. The van der Waals surface area contributed by atoms with E-state index in [1.165, 1.54) is 0 Å². The summed E-state index contributed by atoms with van der Waals surface area (Å²) in [5.41, 5.74) is 8.65. The number of benzene rings is 1. The third kappa shape index (κ3) is 1.85. The maximum atomic E-state index is 6.18. The van der Waals surface area contributed by atoms with Crippen LogP contribution in [0.2, 0.25) is 5.02 Å². The van der Waals surface area contributed by atoms with Gasteiger partial charge in [0.15, 0.2) is 0 Å². The van der Waals surface area contributed by atoms with Gasteiger partial charge in [-0.2, -0.15) is 0 Å². The molecular weight excluding hydrogens is 210 g/mol. The molecule has 3 nitrogen and oxygen atoms in total. The molecule has 0 spiro atoms. The van der Waals surface area contributed by atoms with Gasteiger partial charge in [-0.1, -0.05) is 18.5 Å². The molecule has 2 rings (SSSR count).